The zero-order valence-electron chi connectivity index (χ0n) is 30.3. The summed E-state index contributed by atoms with van der Waals surface area (Å²) >= 11 is 0. The molecule has 5 rings (SSSR count). The minimum atomic E-state index is -0.619. The summed E-state index contributed by atoms with van der Waals surface area (Å²) in [5.74, 6) is 1.49. The van der Waals surface area contributed by atoms with Gasteiger partial charge in [0.2, 0.25) is 0 Å². The standard InChI is InChI=1S/C38H50BN3O6/c1-35(2,3)45-18-19-46-36(4,5)31-17-14-27(39-47-37(6,7)38(8,9)48-39)21-30(31)25-13-16-29-32(20-25)42-41-24-33(29)40-23-26-12-15-28(43-10)22-34(26)44-11/h12-17,20-22,24H,18-19,23H2,1-11H3,(H,40,42). The van der Waals surface area contributed by atoms with Crippen LogP contribution in [0.15, 0.2) is 60.8 Å². The fourth-order valence-corrected chi connectivity index (χ4v) is 5.73. The molecule has 256 valence electrons. The second kappa shape index (κ2) is 13.7. The van der Waals surface area contributed by atoms with Crippen molar-refractivity contribution >= 4 is 29.2 Å². The van der Waals surface area contributed by atoms with E-state index in [1.54, 1.807) is 20.4 Å². The van der Waals surface area contributed by atoms with Crippen LogP contribution in [0.1, 0.15) is 73.4 Å². The van der Waals surface area contributed by atoms with Crippen LogP contribution in [-0.4, -0.2) is 61.6 Å². The van der Waals surface area contributed by atoms with E-state index in [2.05, 4.69) is 93.5 Å². The van der Waals surface area contributed by atoms with Crippen LogP contribution < -0.4 is 20.3 Å². The van der Waals surface area contributed by atoms with Crippen LogP contribution in [0.2, 0.25) is 0 Å². The van der Waals surface area contributed by atoms with Gasteiger partial charge >= 0.3 is 7.12 Å². The predicted molar refractivity (Wildman–Crippen MR) is 192 cm³/mol. The van der Waals surface area contributed by atoms with Crippen LogP contribution in [-0.2, 0) is 30.9 Å². The first-order valence-corrected chi connectivity index (χ1v) is 16.5. The van der Waals surface area contributed by atoms with E-state index in [4.69, 9.17) is 28.3 Å². The van der Waals surface area contributed by atoms with E-state index in [0.29, 0.717) is 19.8 Å². The van der Waals surface area contributed by atoms with Gasteiger partial charge in [-0.1, -0.05) is 24.3 Å². The molecule has 1 fully saturated rings. The Kier molecular flexibility index (Phi) is 10.1. The van der Waals surface area contributed by atoms with Crippen LogP contribution >= 0.6 is 0 Å². The van der Waals surface area contributed by atoms with Crippen molar-refractivity contribution in [3.63, 3.8) is 0 Å². The molecule has 0 bridgehead atoms. The maximum Gasteiger partial charge on any atom is 0.494 e. The number of rotatable bonds is 12. The molecule has 48 heavy (non-hydrogen) atoms. The van der Waals surface area contributed by atoms with Gasteiger partial charge in [0, 0.05) is 23.6 Å². The third-order valence-corrected chi connectivity index (χ3v) is 9.21. The van der Waals surface area contributed by atoms with Gasteiger partial charge in [-0.15, -0.1) is 0 Å². The number of methoxy groups -OCH3 is 2. The molecular formula is C38H50BN3O6. The Balaban J connectivity index is 1.49. The fourth-order valence-electron chi connectivity index (χ4n) is 5.73. The molecule has 0 radical (unpaired) electrons. The second-order valence-corrected chi connectivity index (χ2v) is 14.7. The number of nitrogens with zero attached hydrogens (tertiary/aromatic N) is 2. The van der Waals surface area contributed by atoms with Gasteiger partial charge in [-0.2, -0.15) is 10.2 Å². The lowest BCUT2D eigenvalue weighted by atomic mass is 9.75. The Morgan fingerprint density at radius 3 is 2.19 bits per heavy atom. The first-order valence-electron chi connectivity index (χ1n) is 16.5. The summed E-state index contributed by atoms with van der Waals surface area (Å²) in [6.45, 7) is 20.1. The van der Waals surface area contributed by atoms with Crippen LogP contribution in [0.5, 0.6) is 11.5 Å². The highest BCUT2D eigenvalue weighted by atomic mass is 16.7. The van der Waals surface area contributed by atoms with Crippen molar-refractivity contribution in [3.05, 3.63) is 71.9 Å². The van der Waals surface area contributed by atoms with Gasteiger partial charge in [-0.3, -0.25) is 0 Å². The largest absolute Gasteiger partial charge is 0.497 e. The molecule has 0 unspecified atom stereocenters. The Bertz CT molecular complexity index is 1730. The maximum atomic E-state index is 6.48. The Labute approximate surface area is 285 Å². The fraction of sp³-hybridized carbons (Fsp3) is 0.474. The summed E-state index contributed by atoms with van der Waals surface area (Å²) in [7, 11) is 2.80. The first-order chi connectivity index (χ1) is 22.5. The summed E-state index contributed by atoms with van der Waals surface area (Å²) in [6.07, 6.45) is 1.75. The number of benzene rings is 3. The van der Waals surface area contributed by atoms with Crippen LogP contribution in [0.3, 0.4) is 0 Å². The predicted octanol–water partition coefficient (Wildman–Crippen LogP) is 7.29. The molecule has 3 aromatic carbocycles. The highest BCUT2D eigenvalue weighted by Crippen LogP contribution is 2.39. The first kappa shape index (κ1) is 35.6. The molecule has 0 saturated carbocycles. The molecule has 1 aliphatic heterocycles. The van der Waals surface area contributed by atoms with Crippen molar-refractivity contribution in [2.75, 3.05) is 32.8 Å². The quantitative estimate of drug-likeness (QED) is 0.125. The molecule has 1 saturated heterocycles. The lowest BCUT2D eigenvalue weighted by Gasteiger charge is -2.32. The zero-order valence-corrected chi connectivity index (χ0v) is 30.3. The van der Waals surface area contributed by atoms with Crippen molar-refractivity contribution in [3.8, 4) is 22.6 Å². The number of nitrogens with one attached hydrogen (secondary N) is 1. The smallest absolute Gasteiger partial charge is 0.494 e. The van der Waals surface area contributed by atoms with Crippen molar-refractivity contribution in [1.29, 1.82) is 0 Å². The molecule has 9 nitrogen and oxygen atoms in total. The maximum absolute atomic E-state index is 6.48. The van der Waals surface area contributed by atoms with E-state index in [9.17, 15) is 0 Å². The van der Waals surface area contributed by atoms with E-state index < -0.39 is 23.9 Å². The van der Waals surface area contributed by atoms with Crippen molar-refractivity contribution in [1.82, 2.24) is 10.2 Å². The topological polar surface area (TPSA) is 93.2 Å². The van der Waals surface area contributed by atoms with Crippen molar-refractivity contribution < 1.29 is 28.3 Å². The summed E-state index contributed by atoms with van der Waals surface area (Å²) in [6, 6.07) is 18.4. The monoisotopic (exact) mass is 655 g/mol. The van der Waals surface area contributed by atoms with E-state index in [1.165, 1.54) is 0 Å². The normalized spacial score (nSPS) is 15.9. The molecule has 1 aliphatic rings. The molecule has 10 heteroatoms. The van der Waals surface area contributed by atoms with Crippen LogP contribution in [0.4, 0.5) is 5.69 Å². The minimum absolute atomic E-state index is 0.232. The van der Waals surface area contributed by atoms with Gasteiger partial charge in [0.25, 0.3) is 0 Å². The second-order valence-electron chi connectivity index (χ2n) is 14.7. The number of hydrogen-bond donors (Lipinski definition) is 1. The van der Waals surface area contributed by atoms with E-state index in [-0.39, 0.29) is 5.60 Å². The highest BCUT2D eigenvalue weighted by molar-refractivity contribution is 6.62. The molecular weight excluding hydrogens is 605 g/mol. The lowest BCUT2D eigenvalue weighted by molar-refractivity contribution is -0.0809. The number of hydrogen-bond acceptors (Lipinski definition) is 9. The third kappa shape index (κ3) is 7.78. The summed E-state index contributed by atoms with van der Waals surface area (Å²) < 4.78 is 36.2. The summed E-state index contributed by atoms with van der Waals surface area (Å²) in [5, 5.41) is 13.3. The molecule has 0 atom stereocenters. The SMILES string of the molecule is COc1ccc(CNc2cnnc3cc(-c4cc(B5OC(C)(C)C(C)(C)O5)ccc4C(C)(C)OCCOC(C)(C)C)ccc23)c(OC)c1. The number of ether oxygens (including phenoxy) is 4. The molecule has 0 amide bonds. The van der Waals surface area contributed by atoms with Gasteiger partial charge in [0.05, 0.1) is 67.2 Å². The lowest BCUT2D eigenvalue weighted by Crippen LogP contribution is -2.41. The molecule has 2 heterocycles. The minimum Gasteiger partial charge on any atom is -0.497 e. The third-order valence-electron chi connectivity index (χ3n) is 9.21. The van der Waals surface area contributed by atoms with E-state index in [0.717, 1.165) is 55.8 Å². The van der Waals surface area contributed by atoms with E-state index >= 15 is 0 Å². The number of anilines is 1. The Morgan fingerprint density at radius 1 is 0.812 bits per heavy atom. The summed E-state index contributed by atoms with van der Waals surface area (Å²) in [4.78, 5) is 0. The van der Waals surface area contributed by atoms with Gasteiger partial charge in [-0.25, -0.2) is 0 Å². The molecule has 0 spiro atoms. The van der Waals surface area contributed by atoms with Gasteiger partial charge in [0.15, 0.2) is 0 Å². The number of fused-ring (bicyclic) bond motifs is 1. The highest BCUT2D eigenvalue weighted by Gasteiger charge is 2.51. The average Bonchev–Trinajstić information content (AvgIpc) is 3.26. The summed E-state index contributed by atoms with van der Waals surface area (Å²) in [5.41, 5.74) is 4.85. The molecule has 1 N–H and O–H groups in total. The van der Waals surface area contributed by atoms with Crippen LogP contribution in [0, 0.1) is 0 Å². The van der Waals surface area contributed by atoms with Crippen LogP contribution in [0.25, 0.3) is 22.0 Å². The zero-order chi connectivity index (χ0) is 34.9. The van der Waals surface area contributed by atoms with Crippen molar-refractivity contribution in [2.24, 2.45) is 0 Å². The molecule has 1 aromatic heterocycles. The van der Waals surface area contributed by atoms with E-state index in [1.807, 2.05) is 39.0 Å². The Morgan fingerprint density at radius 2 is 1.52 bits per heavy atom. The molecule has 0 aliphatic carbocycles. The average molecular weight is 656 g/mol. The Hall–Kier alpha value is -3.70. The molecule has 4 aromatic rings. The van der Waals surface area contributed by atoms with Gasteiger partial charge in [0.1, 0.15) is 11.5 Å². The van der Waals surface area contributed by atoms with Crippen molar-refractivity contribution in [2.45, 2.75) is 91.3 Å². The number of aromatic nitrogens is 2. The van der Waals surface area contributed by atoms with Gasteiger partial charge in [-0.05, 0) is 109 Å². The van der Waals surface area contributed by atoms with Gasteiger partial charge < -0.3 is 33.6 Å².